The summed E-state index contributed by atoms with van der Waals surface area (Å²) in [6, 6.07) is 12.3. The van der Waals surface area contributed by atoms with Crippen LogP contribution in [0.2, 0.25) is 0 Å². The summed E-state index contributed by atoms with van der Waals surface area (Å²) >= 11 is -2.13. The lowest BCUT2D eigenvalue weighted by atomic mass is 10.1. The van der Waals surface area contributed by atoms with E-state index in [1.54, 1.807) is 0 Å². The van der Waals surface area contributed by atoms with E-state index in [1.807, 2.05) is 30.3 Å². The quantitative estimate of drug-likeness (QED) is 0.674. The third-order valence-electron chi connectivity index (χ3n) is 3.21. The Balaban J connectivity index is 2.02. The van der Waals surface area contributed by atoms with Crippen molar-refractivity contribution in [1.29, 1.82) is 0 Å². The van der Waals surface area contributed by atoms with E-state index >= 15 is 0 Å². The molecule has 0 spiro atoms. The van der Waals surface area contributed by atoms with E-state index in [-0.39, 0.29) is 10.7 Å². The molecule has 0 aliphatic heterocycles. The van der Waals surface area contributed by atoms with Crippen molar-refractivity contribution >= 4 is 17.0 Å². The number of carboxylic acids is 1. The minimum atomic E-state index is -2.13. The van der Waals surface area contributed by atoms with Crippen LogP contribution in [0.1, 0.15) is 22.0 Å². The maximum atomic E-state index is 11.2. The second-order valence-electron chi connectivity index (χ2n) is 4.83. The van der Waals surface area contributed by atoms with Crippen molar-refractivity contribution in [2.75, 3.05) is 0 Å². The minimum absolute atomic E-state index is 0.141. The van der Waals surface area contributed by atoms with Gasteiger partial charge in [-0.15, -0.1) is 5.10 Å². The highest BCUT2D eigenvalue weighted by Gasteiger charge is 2.17. The molecule has 2 heterocycles. The van der Waals surface area contributed by atoms with Crippen molar-refractivity contribution in [3.63, 3.8) is 0 Å². The molecule has 0 saturated heterocycles. The van der Waals surface area contributed by atoms with Crippen LogP contribution >= 0.6 is 0 Å². The molecule has 0 fully saturated rings. The van der Waals surface area contributed by atoms with E-state index in [0.29, 0.717) is 18.1 Å². The van der Waals surface area contributed by atoms with Gasteiger partial charge in [0.25, 0.3) is 5.82 Å². The van der Waals surface area contributed by atoms with Gasteiger partial charge in [-0.3, -0.25) is 0 Å². The molecule has 1 aromatic carbocycles. The Morgan fingerprint density at radius 1 is 1.17 bits per heavy atom. The van der Waals surface area contributed by atoms with Gasteiger partial charge < -0.3 is 9.66 Å². The highest BCUT2D eigenvalue weighted by molar-refractivity contribution is 7.79. The molecule has 0 aliphatic carbocycles. The fourth-order valence-electron chi connectivity index (χ4n) is 2.11. The first kappa shape index (κ1) is 16.0. The molecule has 0 radical (unpaired) electrons. The summed E-state index contributed by atoms with van der Waals surface area (Å²) in [5, 5.41) is 13.1. The number of aromatic nitrogens is 4. The van der Waals surface area contributed by atoms with Crippen LogP contribution in [0.3, 0.4) is 0 Å². The maximum Gasteiger partial charge on any atom is 0.375 e. The zero-order chi connectivity index (χ0) is 17.1. The van der Waals surface area contributed by atoms with Crippen LogP contribution in [0.5, 0.6) is 0 Å². The van der Waals surface area contributed by atoms with Crippen molar-refractivity contribution < 1.29 is 18.7 Å². The van der Waals surface area contributed by atoms with Crippen LogP contribution in [0.4, 0.5) is 0 Å². The first-order valence-electron chi connectivity index (χ1n) is 6.85. The highest BCUT2D eigenvalue weighted by atomic mass is 32.2. The van der Waals surface area contributed by atoms with Gasteiger partial charge >= 0.3 is 5.97 Å². The lowest BCUT2D eigenvalue weighted by molar-refractivity contribution is 0.0683. The number of carbonyl (C=O) groups is 1. The van der Waals surface area contributed by atoms with Gasteiger partial charge in [0.05, 0.1) is 4.90 Å². The van der Waals surface area contributed by atoms with Crippen LogP contribution in [0.15, 0.2) is 53.6 Å². The fourth-order valence-corrected chi connectivity index (χ4v) is 2.44. The summed E-state index contributed by atoms with van der Waals surface area (Å²) in [7, 11) is 0. The van der Waals surface area contributed by atoms with E-state index in [0.717, 1.165) is 5.56 Å². The molecule has 3 aromatic rings. The number of benzene rings is 1. The van der Waals surface area contributed by atoms with Crippen molar-refractivity contribution in [3.8, 4) is 5.82 Å². The average Bonchev–Trinajstić information content (AvgIpc) is 3.00. The highest BCUT2D eigenvalue weighted by Crippen LogP contribution is 2.14. The van der Waals surface area contributed by atoms with Gasteiger partial charge in [0.15, 0.2) is 16.9 Å². The van der Waals surface area contributed by atoms with Crippen LogP contribution in [-0.4, -0.2) is 39.6 Å². The number of pyridine rings is 1. The molecular formula is C15H12N4O4S. The Labute approximate surface area is 139 Å². The molecule has 0 amide bonds. The molecule has 2 aromatic heterocycles. The maximum absolute atomic E-state index is 11.2. The molecular weight excluding hydrogens is 332 g/mol. The zero-order valence-corrected chi connectivity index (χ0v) is 13.1. The van der Waals surface area contributed by atoms with Crippen LogP contribution in [-0.2, 0) is 17.5 Å². The van der Waals surface area contributed by atoms with Gasteiger partial charge in [-0.2, -0.15) is 4.68 Å². The number of nitrogens with zero attached hydrogens (tertiary/aromatic N) is 4. The monoisotopic (exact) mass is 344 g/mol. The number of rotatable bonds is 5. The van der Waals surface area contributed by atoms with E-state index in [4.69, 9.17) is 9.66 Å². The first-order chi connectivity index (χ1) is 11.5. The molecule has 0 saturated carbocycles. The topological polar surface area (TPSA) is 118 Å². The minimum Gasteiger partial charge on any atom is -0.475 e. The van der Waals surface area contributed by atoms with Gasteiger partial charge in [-0.1, -0.05) is 30.3 Å². The smallest absolute Gasteiger partial charge is 0.375 e. The predicted molar refractivity (Wildman–Crippen MR) is 84.4 cm³/mol. The second-order valence-corrected chi connectivity index (χ2v) is 5.80. The Hall–Kier alpha value is -2.91. The normalized spacial score (nSPS) is 12.0. The Kier molecular flexibility index (Phi) is 4.45. The average molecular weight is 344 g/mol. The SMILES string of the molecule is O=C(O)c1nc(Cc2ccccc2)n(-c2ccc(S(=O)O)cn2)n1. The van der Waals surface area contributed by atoms with E-state index in [1.165, 1.54) is 23.0 Å². The Morgan fingerprint density at radius 2 is 1.92 bits per heavy atom. The van der Waals surface area contributed by atoms with Gasteiger partial charge in [-0.05, 0) is 17.7 Å². The third kappa shape index (κ3) is 3.36. The number of hydrogen-bond acceptors (Lipinski definition) is 5. The predicted octanol–water partition coefficient (Wildman–Crippen LogP) is 1.53. The summed E-state index contributed by atoms with van der Waals surface area (Å²) in [5.41, 5.74) is 0.941. The summed E-state index contributed by atoms with van der Waals surface area (Å²) in [4.78, 5) is 19.4. The van der Waals surface area contributed by atoms with Crippen molar-refractivity contribution in [3.05, 3.63) is 65.9 Å². The summed E-state index contributed by atoms with van der Waals surface area (Å²) in [6.07, 6.45) is 1.61. The number of aromatic carboxylic acids is 1. The standard InChI is InChI=1S/C15H12N4O4S/c20-15(21)14-17-13(8-10-4-2-1-3-5-10)19(18-14)12-7-6-11(9-16-12)24(22)23/h1-7,9H,8H2,(H,20,21)(H,22,23). The molecule has 24 heavy (non-hydrogen) atoms. The molecule has 1 atom stereocenters. The van der Waals surface area contributed by atoms with Crippen molar-refractivity contribution in [2.45, 2.75) is 11.3 Å². The lowest BCUT2D eigenvalue weighted by Gasteiger charge is -2.05. The lowest BCUT2D eigenvalue weighted by Crippen LogP contribution is -2.07. The zero-order valence-electron chi connectivity index (χ0n) is 12.2. The van der Waals surface area contributed by atoms with Crippen LogP contribution < -0.4 is 0 Å². The molecule has 8 nitrogen and oxygen atoms in total. The fraction of sp³-hybridized carbons (Fsp3) is 0.0667. The molecule has 0 bridgehead atoms. The van der Waals surface area contributed by atoms with Gasteiger partial charge in [0.1, 0.15) is 5.82 Å². The summed E-state index contributed by atoms with van der Waals surface area (Å²) in [6.45, 7) is 0. The molecule has 2 N–H and O–H groups in total. The van der Waals surface area contributed by atoms with Gasteiger partial charge in [0.2, 0.25) is 0 Å². The molecule has 122 valence electrons. The first-order valence-corrected chi connectivity index (χ1v) is 7.95. The van der Waals surface area contributed by atoms with Gasteiger partial charge in [-0.25, -0.2) is 19.0 Å². The van der Waals surface area contributed by atoms with E-state index in [2.05, 4.69) is 15.1 Å². The number of carboxylic acid groups (broad SMARTS) is 1. The number of hydrogen-bond donors (Lipinski definition) is 2. The van der Waals surface area contributed by atoms with Gasteiger partial charge in [0, 0.05) is 12.6 Å². The van der Waals surface area contributed by atoms with Crippen LogP contribution in [0.25, 0.3) is 5.82 Å². The van der Waals surface area contributed by atoms with E-state index < -0.39 is 17.0 Å². The Morgan fingerprint density at radius 3 is 2.50 bits per heavy atom. The molecule has 0 aliphatic rings. The summed E-state index contributed by atoms with van der Waals surface area (Å²) in [5.74, 6) is -0.854. The summed E-state index contributed by atoms with van der Waals surface area (Å²) < 4.78 is 21.4. The Bertz CT molecular complexity index is 894. The molecule has 3 rings (SSSR count). The molecule has 1 unspecified atom stereocenters. The molecule has 9 heteroatoms. The largest absolute Gasteiger partial charge is 0.475 e. The second kappa shape index (κ2) is 6.69. The third-order valence-corrected chi connectivity index (χ3v) is 3.85. The van der Waals surface area contributed by atoms with Crippen LogP contribution in [0, 0.1) is 0 Å². The van der Waals surface area contributed by atoms with Crippen molar-refractivity contribution in [1.82, 2.24) is 19.7 Å². The van der Waals surface area contributed by atoms with E-state index in [9.17, 15) is 9.00 Å². The van der Waals surface area contributed by atoms with Crippen molar-refractivity contribution in [2.24, 2.45) is 0 Å².